The molecule has 0 bridgehead atoms. The Hall–Kier alpha value is -0.880. The first-order chi connectivity index (χ1) is 7.40. The normalized spacial score (nSPS) is 11.8. The molecule has 0 aliphatic carbocycles. The van der Waals surface area contributed by atoms with E-state index < -0.39 is 6.36 Å². The van der Waals surface area contributed by atoms with E-state index in [1.54, 1.807) is 12.1 Å². The molecule has 0 aromatic heterocycles. The summed E-state index contributed by atoms with van der Waals surface area (Å²) in [6, 6.07) is 5.35. The Morgan fingerprint density at radius 3 is 2.69 bits per heavy atom. The molecule has 0 spiro atoms. The summed E-state index contributed by atoms with van der Waals surface area (Å²) in [5.74, 6) is 0.240. The van der Waals surface area contributed by atoms with Crippen molar-refractivity contribution in [3.63, 3.8) is 0 Å². The van der Waals surface area contributed by atoms with Crippen molar-refractivity contribution in [1.82, 2.24) is 0 Å². The highest BCUT2D eigenvalue weighted by Crippen LogP contribution is 2.26. The first kappa shape index (κ1) is 13.2. The molecule has 2 N–H and O–H groups in total. The summed E-state index contributed by atoms with van der Waals surface area (Å²) in [7, 11) is 0. The van der Waals surface area contributed by atoms with Gasteiger partial charge in [0.25, 0.3) is 0 Å². The average molecular weight is 251 g/mol. The van der Waals surface area contributed by atoms with Crippen molar-refractivity contribution >= 4 is 17.4 Å². The van der Waals surface area contributed by atoms with E-state index in [4.69, 9.17) is 5.73 Å². The van der Waals surface area contributed by atoms with Crippen LogP contribution in [0.25, 0.3) is 0 Å². The topological polar surface area (TPSA) is 35.2 Å². The minimum Gasteiger partial charge on any atom is -0.398 e. The van der Waals surface area contributed by atoms with Gasteiger partial charge < -0.3 is 5.73 Å². The molecule has 1 aromatic carbocycles. The van der Waals surface area contributed by atoms with Gasteiger partial charge in [0.2, 0.25) is 0 Å². The molecule has 1 rings (SSSR count). The van der Waals surface area contributed by atoms with Gasteiger partial charge >= 0.3 is 6.36 Å². The van der Waals surface area contributed by atoms with Crippen molar-refractivity contribution in [3.05, 3.63) is 23.8 Å². The number of nitrogen functional groups attached to an aromatic ring is 1. The lowest BCUT2D eigenvalue weighted by Crippen LogP contribution is -2.15. The van der Waals surface area contributed by atoms with Crippen LogP contribution in [0.3, 0.4) is 0 Å². The zero-order chi connectivity index (χ0) is 12.2. The number of hydrogen-bond donors (Lipinski definition) is 1. The molecule has 0 aliphatic rings. The molecule has 0 atom stereocenters. The van der Waals surface area contributed by atoms with E-state index in [1.165, 1.54) is 11.8 Å². The third-order valence-corrected chi connectivity index (χ3v) is 3.06. The second-order valence-electron chi connectivity index (χ2n) is 3.11. The molecule has 0 heterocycles. The third-order valence-electron chi connectivity index (χ3n) is 1.93. The van der Waals surface area contributed by atoms with Gasteiger partial charge in [-0.3, -0.25) is 4.74 Å². The van der Waals surface area contributed by atoms with Crippen LogP contribution in [0.2, 0.25) is 0 Å². The smallest absolute Gasteiger partial charge is 0.398 e. The van der Waals surface area contributed by atoms with Crippen LogP contribution in [-0.4, -0.2) is 18.7 Å². The molecule has 0 radical (unpaired) electrons. The van der Waals surface area contributed by atoms with E-state index in [-0.39, 0.29) is 12.4 Å². The van der Waals surface area contributed by atoms with Gasteiger partial charge in [0.15, 0.2) is 0 Å². The molecule has 0 fully saturated rings. The van der Waals surface area contributed by atoms with Crippen molar-refractivity contribution in [3.8, 4) is 0 Å². The van der Waals surface area contributed by atoms with Crippen LogP contribution < -0.4 is 5.73 Å². The first-order valence-corrected chi connectivity index (χ1v) is 5.57. The van der Waals surface area contributed by atoms with Crippen LogP contribution in [-0.2, 0) is 4.74 Å². The molecule has 0 saturated carbocycles. The SMILES string of the molecule is Cc1c(N)cccc1SCCOC(F)(F)F. The Morgan fingerprint density at radius 2 is 2.06 bits per heavy atom. The Labute approximate surface area is 96.0 Å². The first-order valence-electron chi connectivity index (χ1n) is 4.59. The maximum absolute atomic E-state index is 11.7. The zero-order valence-corrected chi connectivity index (χ0v) is 9.49. The Kier molecular flexibility index (Phi) is 4.49. The van der Waals surface area contributed by atoms with Gasteiger partial charge in [-0.25, -0.2) is 0 Å². The summed E-state index contributed by atoms with van der Waals surface area (Å²) in [6.07, 6.45) is -4.55. The van der Waals surface area contributed by atoms with Gasteiger partial charge in [-0.05, 0) is 24.6 Å². The van der Waals surface area contributed by atoms with Crippen molar-refractivity contribution in [2.75, 3.05) is 18.1 Å². The lowest BCUT2D eigenvalue weighted by Gasteiger charge is -2.09. The fraction of sp³-hybridized carbons (Fsp3) is 0.400. The number of benzene rings is 1. The highest BCUT2D eigenvalue weighted by molar-refractivity contribution is 7.99. The van der Waals surface area contributed by atoms with Gasteiger partial charge in [-0.2, -0.15) is 0 Å². The van der Waals surface area contributed by atoms with Crippen molar-refractivity contribution in [1.29, 1.82) is 0 Å². The molecule has 0 amide bonds. The highest BCUT2D eigenvalue weighted by atomic mass is 32.2. The number of hydrogen-bond acceptors (Lipinski definition) is 3. The number of alkyl halides is 3. The van der Waals surface area contributed by atoms with Crippen LogP contribution in [0.15, 0.2) is 23.1 Å². The Bertz CT molecular complexity index is 354. The average Bonchev–Trinajstić information content (AvgIpc) is 2.17. The van der Waals surface area contributed by atoms with Crippen LogP contribution >= 0.6 is 11.8 Å². The van der Waals surface area contributed by atoms with Crippen LogP contribution in [0.5, 0.6) is 0 Å². The molecule has 90 valence electrons. The third kappa shape index (κ3) is 4.32. The minimum atomic E-state index is -4.55. The molecule has 16 heavy (non-hydrogen) atoms. The predicted molar refractivity (Wildman–Crippen MR) is 58.3 cm³/mol. The van der Waals surface area contributed by atoms with E-state index in [1.807, 2.05) is 13.0 Å². The van der Waals surface area contributed by atoms with E-state index in [0.29, 0.717) is 5.69 Å². The standard InChI is InChI=1S/C10H12F3NOS/c1-7-8(14)3-2-4-9(7)16-6-5-15-10(11,12)13/h2-4H,5-6,14H2,1H3. The van der Waals surface area contributed by atoms with Gasteiger partial charge in [0.05, 0.1) is 6.61 Å². The van der Waals surface area contributed by atoms with Gasteiger partial charge in [0.1, 0.15) is 0 Å². The fourth-order valence-corrected chi connectivity index (χ4v) is 1.99. The lowest BCUT2D eigenvalue weighted by atomic mass is 10.2. The van der Waals surface area contributed by atoms with Gasteiger partial charge in [-0.1, -0.05) is 6.07 Å². The summed E-state index contributed by atoms with van der Waals surface area (Å²) >= 11 is 1.30. The fourth-order valence-electron chi connectivity index (χ4n) is 1.10. The van der Waals surface area contributed by atoms with E-state index in [2.05, 4.69) is 4.74 Å². The molecule has 0 unspecified atom stereocenters. The highest BCUT2D eigenvalue weighted by Gasteiger charge is 2.28. The number of rotatable bonds is 4. The number of thioether (sulfide) groups is 1. The summed E-state index contributed by atoms with van der Waals surface area (Å²) in [5.41, 5.74) is 7.20. The summed E-state index contributed by atoms with van der Waals surface area (Å²) in [6.45, 7) is 1.48. The Morgan fingerprint density at radius 1 is 1.38 bits per heavy atom. The van der Waals surface area contributed by atoms with E-state index >= 15 is 0 Å². The maximum atomic E-state index is 11.7. The van der Waals surface area contributed by atoms with Crippen LogP contribution in [0.4, 0.5) is 18.9 Å². The number of nitrogens with two attached hydrogens (primary N) is 1. The van der Waals surface area contributed by atoms with Crippen molar-refractivity contribution in [2.24, 2.45) is 0 Å². The van der Waals surface area contributed by atoms with Crippen molar-refractivity contribution in [2.45, 2.75) is 18.2 Å². The monoisotopic (exact) mass is 251 g/mol. The molecule has 1 aromatic rings. The number of anilines is 1. The largest absolute Gasteiger partial charge is 0.522 e. The lowest BCUT2D eigenvalue weighted by molar-refractivity contribution is -0.322. The number of ether oxygens (including phenoxy) is 1. The molecular formula is C10H12F3NOS. The second-order valence-corrected chi connectivity index (χ2v) is 4.25. The zero-order valence-electron chi connectivity index (χ0n) is 8.67. The van der Waals surface area contributed by atoms with Crippen molar-refractivity contribution < 1.29 is 17.9 Å². The molecule has 6 heteroatoms. The van der Waals surface area contributed by atoms with Gasteiger partial charge in [0, 0.05) is 16.3 Å². The van der Waals surface area contributed by atoms with E-state index in [0.717, 1.165) is 10.5 Å². The van der Waals surface area contributed by atoms with E-state index in [9.17, 15) is 13.2 Å². The summed E-state index contributed by atoms with van der Waals surface area (Å²) in [5, 5.41) is 0. The minimum absolute atomic E-state index is 0.240. The predicted octanol–water partition coefficient (Wildman–Crippen LogP) is 3.21. The quantitative estimate of drug-likeness (QED) is 0.507. The summed E-state index contributed by atoms with van der Waals surface area (Å²) < 4.78 is 38.7. The molecular weight excluding hydrogens is 239 g/mol. The summed E-state index contributed by atoms with van der Waals surface area (Å²) in [4.78, 5) is 0.880. The number of halogens is 3. The van der Waals surface area contributed by atoms with Gasteiger partial charge in [-0.15, -0.1) is 24.9 Å². The second kappa shape index (κ2) is 5.45. The van der Waals surface area contributed by atoms with Crippen LogP contribution in [0.1, 0.15) is 5.56 Å². The van der Waals surface area contributed by atoms with Crippen LogP contribution in [0, 0.1) is 6.92 Å². The molecule has 2 nitrogen and oxygen atoms in total. The molecule has 0 aliphatic heterocycles. The Balaban J connectivity index is 2.41. The molecule has 0 saturated heterocycles. The maximum Gasteiger partial charge on any atom is 0.522 e.